The quantitative estimate of drug-likeness (QED) is 0.742. The highest BCUT2D eigenvalue weighted by atomic mass is 35.5. The van der Waals surface area contributed by atoms with Gasteiger partial charge in [0.05, 0.1) is 6.04 Å². The molecule has 1 unspecified atom stereocenters. The van der Waals surface area contributed by atoms with E-state index < -0.39 is 0 Å². The first-order valence-corrected chi connectivity index (χ1v) is 8.03. The molecule has 0 aliphatic rings. The zero-order valence-electron chi connectivity index (χ0n) is 13.8. The van der Waals surface area contributed by atoms with Crippen LogP contribution in [0.4, 0.5) is 4.39 Å². The molecule has 1 amide bonds. The summed E-state index contributed by atoms with van der Waals surface area (Å²) in [6.07, 6.45) is 1.24. The van der Waals surface area contributed by atoms with E-state index in [9.17, 15) is 9.18 Å². The van der Waals surface area contributed by atoms with Crippen molar-refractivity contribution in [3.05, 3.63) is 57.4 Å². The number of aryl methyl sites for hydroxylation is 3. The Morgan fingerprint density at radius 3 is 2.26 bits per heavy atom. The van der Waals surface area contributed by atoms with Crippen molar-refractivity contribution >= 4 is 18.0 Å². The fourth-order valence-electron chi connectivity index (χ4n) is 3.07. The minimum Gasteiger partial charge on any atom is -0.352 e. The number of nitrogens with one attached hydrogen (secondary N) is 1. The summed E-state index contributed by atoms with van der Waals surface area (Å²) in [4.78, 5) is 10.8. The molecule has 2 aromatic carbocycles. The Hall–Kier alpha value is -1.87. The molecule has 0 saturated heterocycles. The highest BCUT2D eigenvalue weighted by Gasteiger charge is 2.18. The zero-order valence-corrected chi connectivity index (χ0v) is 14.6. The maximum atomic E-state index is 14.5. The molecule has 0 heterocycles. The molecule has 4 heteroatoms. The molecule has 1 N–H and O–H groups in total. The van der Waals surface area contributed by atoms with Gasteiger partial charge in [-0.15, -0.1) is 0 Å². The molecule has 122 valence electrons. The van der Waals surface area contributed by atoms with Gasteiger partial charge in [0.15, 0.2) is 0 Å². The van der Waals surface area contributed by atoms with E-state index in [2.05, 4.69) is 5.32 Å². The molecule has 2 rings (SSSR count). The van der Waals surface area contributed by atoms with Crippen molar-refractivity contribution in [2.24, 2.45) is 0 Å². The first kappa shape index (κ1) is 17.5. The SMILES string of the molecule is CCC(NC=O)c1cc(-c2c(C)cc(Cl)cc2C)cc(C)c1F. The minimum atomic E-state index is -0.334. The van der Waals surface area contributed by atoms with E-state index in [1.54, 1.807) is 6.92 Å². The van der Waals surface area contributed by atoms with Crippen LogP contribution in [0.25, 0.3) is 11.1 Å². The van der Waals surface area contributed by atoms with Crippen LogP contribution in [-0.4, -0.2) is 6.41 Å². The summed E-state index contributed by atoms with van der Waals surface area (Å²) in [5, 5.41) is 3.38. The molecule has 0 aliphatic carbocycles. The number of carbonyl (C=O) groups excluding carboxylic acids is 1. The van der Waals surface area contributed by atoms with E-state index in [-0.39, 0.29) is 11.9 Å². The monoisotopic (exact) mass is 333 g/mol. The lowest BCUT2D eigenvalue weighted by Gasteiger charge is -2.19. The predicted octanol–water partition coefficient (Wildman–Crippen LogP) is 5.27. The number of benzene rings is 2. The number of amides is 1. The van der Waals surface area contributed by atoms with Gasteiger partial charge in [-0.1, -0.05) is 18.5 Å². The average Bonchev–Trinajstić information content (AvgIpc) is 2.47. The van der Waals surface area contributed by atoms with Crippen LogP contribution in [-0.2, 0) is 4.79 Å². The minimum absolute atomic E-state index is 0.265. The molecule has 0 radical (unpaired) electrons. The maximum absolute atomic E-state index is 14.5. The fraction of sp³-hybridized carbons (Fsp3) is 0.316. The van der Waals surface area contributed by atoms with Crippen LogP contribution in [0.5, 0.6) is 0 Å². The van der Waals surface area contributed by atoms with Crippen LogP contribution >= 0.6 is 11.6 Å². The van der Waals surface area contributed by atoms with E-state index in [0.717, 1.165) is 22.3 Å². The maximum Gasteiger partial charge on any atom is 0.207 e. The van der Waals surface area contributed by atoms with Crippen molar-refractivity contribution in [3.8, 4) is 11.1 Å². The third kappa shape index (κ3) is 3.56. The summed E-state index contributed by atoms with van der Waals surface area (Å²) >= 11 is 6.10. The van der Waals surface area contributed by atoms with Gasteiger partial charge in [0.25, 0.3) is 0 Å². The molecule has 0 spiro atoms. The van der Waals surface area contributed by atoms with Crippen molar-refractivity contribution in [1.82, 2.24) is 5.32 Å². The van der Waals surface area contributed by atoms with Gasteiger partial charge in [-0.3, -0.25) is 4.79 Å². The van der Waals surface area contributed by atoms with Gasteiger partial charge < -0.3 is 5.32 Å². The van der Waals surface area contributed by atoms with Crippen LogP contribution in [0.3, 0.4) is 0 Å². The molecule has 1 atom stereocenters. The smallest absolute Gasteiger partial charge is 0.207 e. The Bertz CT molecular complexity index is 719. The molecule has 0 saturated carbocycles. The van der Waals surface area contributed by atoms with Gasteiger partial charge in [0.1, 0.15) is 5.82 Å². The lowest BCUT2D eigenvalue weighted by molar-refractivity contribution is -0.110. The van der Waals surface area contributed by atoms with E-state index in [1.807, 2.05) is 45.0 Å². The second-order valence-electron chi connectivity index (χ2n) is 5.86. The normalized spacial score (nSPS) is 12.1. The van der Waals surface area contributed by atoms with Gasteiger partial charge in [-0.05, 0) is 79.3 Å². The summed E-state index contributed by atoms with van der Waals surface area (Å²) in [6.45, 7) is 7.65. The average molecular weight is 334 g/mol. The molecule has 23 heavy (non-hydrogen) atoms. The topological polar surface area (TPSA) is 29.1 Å². The molecule has 0 aliphatic heterocycles. The third-order valence-electron chi connectivity index (χ3n) is 4.12. The first-order valence-electron chi connectivity index (χ1n) is 7.65. The van der Waals surface area contributed by atoms with E-state index >= 15 is 0 Å². The first-order chi connectivity index (χ1) is 10.9. The molecule has 0 aromatic heterocycles. The van der Waals surface area contributed by atoms with Gasteiger partial charge >= 0.3 is 0 Å². The van der Waals surface area contributed by atoms with Crippen LogP contribution in [0, 0.1) is 26.6 Å². The number of halogens is 2. The highest BCUT2D eigenvalue weighted by molar-refractivity contribution is 6.30. The van der Waals surface area contributed by atoms with Crippen LogP contribution < -0.4 is 5.32 Å². The van der Waals surface area contributed by atoms with Crippen molar-refractivity contribution in [2.45, 2.75) is 40.2 Å². The lowest BCUT2D eigenvalue weighted by Crippen LogP contribution is -2.20. The Balaban J connectivity index is 2.66. The predicted molar refractivity (Wildman–Crippen MR) is 93.3 cm³/mol. The number of hydrogen-bond acceptors (Lipinski definition) is 1. The number of carbonyl (C=O) groups is 1. The third-order valence-corrected chi connectivity index (χ3v) is 4.34. The van der Waals surface area contributed by atoms with E-state index in [4.69, 9.17) is 11.6 Å². The second kappa shape index (κ2) is 7.14. The lowest BCUT2D eigenvalue weighted by atomic mass is 9.91. The zero-order chi connectivity index (χ0) is 17.1. The van der Waals surface area contributed by atoms with Crippen LogP contribution in [0.15, 0.2) is 24.3 Å². The summed E-state index contributed by atoms with van der Waals surface area (Å²) in [5.74, 6) is -0.265. The summed E-state index contributed by atoms with van der Waals surface area (Å²) < 4.78 is 14.5. The molecule has 2 nitrogen and oxygen atoms in total. The van der Waals surface area contributed by atoms with Gasteiger partial charge in [-0.2, -0.15) is 0 Å². The number of rotatable bonds is 5. The van der Waals surface area contributed by atoms with Crippen molar-refractivity contribution in [3.63, 3.8) is 0 Å². The Kier molecular flexibility index (Phi) is 5.42. The molecular weight excluding hydrogens is 313 g/mol. The highest BCUT2D eigenvalue weighted by Crippen LogP contribution is 2.34. The second-order valence-corrected chi connectivity index (χ2v) is 6.29. The largest absolute Gasteiger partial charge is 0.352 e. The van der Waals surface area contributed by atoms with Gasteiger partial charge in [0, 0.05) is 10.6 Å². The summed E-state index contributed by atoms with van der Waals surface area (Å²) in [5.41, 5.74) is 5.17. The number of hydrogen-bond donors (Lipinski definition) is 1. The molecule has 2 aromatic rings. The van der Waals surface area contributed by atoms with Gasteiger partial charge in [0.2, 0.25) is 6.41 Å². The Labute approximate surface area is 141 Å². The van der Waals surface area contributed by atoms with Crippen molar-refractivity contribution in [2.75, 3.05) is 0 Å². The van der Waals surface area contributed by atoms with Gasteiger partial charge in [-0.25, -0.2) is 4.39 Å². The van der Waals surface area contributed by atoms with Crippen molar-refractivity contribution < 1.29 is 9.18 Å². The van der Waals surface area contributed by atoms with Crippen molar-refractivity contribution in [1.29, 1.82) is 0 Å². The molecule has 0 bridgehead atoms. The van der Waals surface area contributed by atoms with Crippen LogP contribution in [0.1, 0.15) is 41.6 Å². The Morgan fingerprint density at radius 2 is 1.74 bits per heavy atom. The summed E-state index contributed by atoms with van der Waals surface area (Å²) in [6, 6.07) is 7.15. The standard InChI is InChI=1S/C19H21ClFNO/c1-5-17(22-10-23)16-9-14(6-13(4)19(16)21)18-11(2)7-15(20)8-12(18)3/h6-10,17H,5H2,1-4H3,(H,22,23). The van der Waals surface area contributed by atoms with Crippen LogP contribution in [0.2, 0.25) is 5.02 Å². The van der Waals surface area contributed by atoms with E-state index in [0.29, 0.717) is 29.0 Å². The van der Waals surface area contributed by atoms with E-state index in [1.165, 1.54) is 0 Å². The summed E-state index contributed by atoms with van der Waals surface area (Å²) in [7, 11) is 0. The molecular formula is C19H21ClFNO. The Morgan fingerprint density at radius 1 is 1.13 bits per heavy atom. The fourth-order valence-corrected chi connectivity index (χ4v) is 3.40. The molecule has 0 fully saturated rings.